The normalized spacial score (nSPS) is 17.2. The van der Waals surface area contributed by atoms with Gasteiger partial charge in [-0.05, 0) is 12.1 Å². The summed E-state index contributed by atoms with van der Waals surface area (Å²) in [5.41, 5.74) is 1.86. The van der Waals surface area contributed by atoms with Crippen LogP contribution in [-0.4, -0.2) is 104 Å². The second-order valence-corrected chi connectivity index (χ2v) is 8.69. The van der Waals surface area contributed by atoms with Gasteiger partial charge in [-0.2, -0.15) is 0 Å². The molecule has 12 nitrogen and oxygen atoms in total. The van der Waals surface area contributed by atoms with Crippen LogP contribution in [-0.2, 0) is 9.47 Å². The van der Waals surface area contributed by atoms with E-state index in [-0.39, 0.29) is 23.2 Å². The van der Waals surface area contributed by atoms with Crippen LogP contribution >= 0.6 is 11.3 Å². The number of nitrogens with zero attached hydrogens (tertiary/aromatic N) is 8. The van der Waals surface area contributed by atoms with Crippen LogP contribution in [0.4, 0.5) is 0 Å². The second-order valence-electron chi connectivity index (χ2n) is 7.71. The zero-order valence-electron chi connectivity index (χ0n) is 17.6. The first-order valence-electron chi connectivity index (χ1n) is 10.7. The van der Waals surface area contributed by atoms with Crippen molar-refractivity contribution in [2.75, 3.05) is 52.6 Å². The smallest absolute Gasteiger partial charge is 0.277 e. The van der Waals surface area contributed by atoms with Crippen molar-refractivity contribution in [1.29, 1.82) is 0 Å². The topological polar surface area (TPSA) is 119 Å². The van der Waals surface area contributed by atoms with Gasteiger partial charge >= 0.3 is 0 Å². The zero-order chi connectivity index (χ0) is 22.4. The number of hydrogen-bond acceptors (Lipinski definition) is 9. The molecule has 3 aromatic heterocycles. The minimum Gasteiger partial charge on any atom is -0.378 e. The Hall–Kier alpha value is -3.42. The highest BCUT2D eigenvalue weighted by Gasteiger charge is 2.28. The quantitative estimate of drug-likeness (QED) is 0.417. The molecule has 0 atom stereocenters. The molecule has 6 rings (SSSR count). The van der Waals surface area contributed by atoms with E-state index >= 15 is 0 Å². The van der Waals surface area contributed by atoms with Crippen LogP contribution < -0.4 is 0 Å². The van der Waals surface area contributed by atoms with Crippen LogP contribution in [0.15, 0.2) is 24.3 Å². The summed E-state index contributed by atoms with van der Waals surface area (Å²) in [6, 6.07) is 7.49. The number of carbonyl (C=O) groups excluding carboxylic acids is 2. The van der Waals surface area contributed by atoms with E-state index in [1.165, 1.54) is 11.3 Å². The molecule has 2 saturated heterocycles. The summed E-state index contributed by atoms with van der Waals surface area (Å²) in [6.45, 7) is 3.92. The van der Waals surface area contributed by atoms with Crippen molar-refractivity contribution in [2.45, 2.75) is 0 Å². The third-order valence-electron chi connectivity index (χ3n) is 5.79. The number of amides is 2. The number of hydrogen-bond donors (Lipinski definition) is 0. The summed E-state index contributed by atoms with van der Waals surface area (Å²) in [7, 11) is 0. The molecule has 2 amide bonds. The summed E-state index contributed by atoms with van der Waals surface area (Å²) in [5, 5.41) is 17.1. The molecule has 0 saturated carbocycles. The number of carbonyl (C=O) groups is 2. The summed E-state index contributed by atoms with van der Waals surface area (Å²) in [5.74, 6) is -0.432. The van der Waals surface area contributed by atoms with E-state index in [1.807, 2.05) is 24.3 Å². The Labute approximate surface area is 190 Å². The number of morpholine rings is 2. The number of rotatable bonds is 2. The lowest BCUT2D eigenvalue weighted by molar-refractivity contribution is 0.0299. The molecule has 0 bridgehead atoms. The average Bonchev–Trinajstić information content (AvgIpc) is 3.46. The minimum atomic E-state index is -0.216. The fraction of sp³-hybridized carbons (Fsp3) is 0.400. The Morgan fingerprint density at radius 3 is 1.58 bits per heavy atom. The van der Waals surface area contributed by atoms with Crippen molar-refractivity contribution in [3.05, 3.63) is 35.7 Å². The first-order chi connectivity index (χ1) is 16.2. The predicted molar refractivity (Wildman–Crippen MR) is 117 cm³/mol. The number of benzene rings is 1. The molecule has 4 aromatic rings. The number of fused-ring (bicyclic) bond motifs is 5. The second kappa shape index (κ2) is 8.17. The lowest BCUT2D eigenvalue weighted by Crippen LogP contribution is -2.41. The van der Waals surface area contributed by atoms with E-state index in [9.17, 15) is 9.59 Å². The Morgan fingerprint density at radius 2 is 1.15 bits per heavy atom. The summed E-state index contributed by atoms with van der Waals surface area (Å²) in [6.07, 6.45) is 0. The number of para-hydroxylation sites is 2. The van der Waals surface area contributed by atoms with Crippen LogP contribution in [0.2, 0.25) is 0 Å². The zero-order valence-corrected chi connectivity index (χ0v) is 18.4. The molecule has 0 radical (unpaired) electrons. The third kappa shape index (κ3) is 3.35. The molecule has 2 aliphatic heterocycles. The highest BCUT2D eigenvalue weighted by Crippen LogP contribution is 2.27. The van der Waals surface area contributed by atoms with E-state index in [4.69, 9.17) is 9.47 Å². The van der Waals surface area contributed by atoms with Crippen molar-refractivity contribution in [2.24, 2.45) is 0 Å². The molecule has 1 aromatic carbocycles. The molecular weight excluding hydrogens is 448 g/mol. The molecule has 13 heteroatoms. The Morgan fingerprint density at radius 1 is 0.727 bits per heavy atom. The van der Waals surface area contributed by atoms with E-state index < -0.39 is 0 Å². The van der Waals surface area contributed by atoms with Gasteiger partial charge in [0.25, 0.3) is 11.8 Å². The summed E-state index contributed by atoms with van der Waals surface area (Å²) >= 11 is 1.23. The number of aromatic nitrogens is 6. The molecule has 0 spiro atoms. The molecule has 5 heterocycles. The SMILES string of the molecule is O=C(c1nnn2c1sc1c(C(=O)N3CCOCC3)nnn1c1ccccc12)N1CCOCC1. The van der Waals surface area contributed by atoms with Crippen molar-refractivity contribution in [1.82, 2.24) is 39.5 Å². The van der Waals surface area contributed by atoms with Crippen LogP contribution in [0, 0.1) is 0 Å². The van der Waals surface area contributed by atoms with Crippen molar-refractivity contribution < 1.29 is 19.1 Å². The van der Waals surface area contributed by atoms with Gasteiger partial charge in [0, 0.05) is 26.2 Å². The lowest BCUT2D eigenvalue weighted by Gasteiger charge is -2.26. The maximum atomic E-state index is 13.3. The summed E-state index contributed by atoms with van der Waals surface area (Å²) < 4.78 is 14.0. The molecule has 0 unspecified atom stereocenters. The molecule has 2 fully saturated rings. The van der Waals surface area contributed by atoms with Crippen LogP contribution in [0.5, 0.6) is 0 Å². The van der Waals surface area contributed by atoms with Gasteiger partial charge in [-0.15, -0.1) is 10.2 Å². The maximum Gasteiger partial charge on any atom is 0.277 e. The van der Waals surface area contributed by atoms with E-state index in [0.717, 1.165) is 0 Å². The predicted octanol–water partition coefficient (Wildman–Crippen LogP) is 0.494. The third-order valence-corrected chi connectivity index (χ3v) is 6.91. The maximum absolute atomic E-state index is 13.3. The Balaban J connectivity index is 1.58. The van der Waals surface area contributed by atoms with E-state index in [0.29, 0.717) is 73.3 Å². The highest BCUT2D eigenvalue weighted by atomic mass is 32.1. The molecule has 0 N–H and O–H groups in total. The molecule has 170 valence electrons. The number of ether oxygens (including phenoxy) is 2. The van der Waals surface area contributed by atoms with Crippen LogP contribution in [0.3, 0.4) is 0 Å². The van der Waals surface area contributed by atoms with Gasteiger partial charge in [-0.25, -0.2) is 9.03 Å². The van der Waals surface area contributed by atoms with Gasteiger partial charge in [-0.3, -0.25) is 9.59 Å². The van der Waals surface area contributed by atoms with Gasteiger partial charge < -0.3 is 19.3 Å². The van der Waals surface area contributed by atoms with Gasteiger partial charge in [0.15, 0.2) is 21.0 Å². The van der Waals surface area contributed by atoms with Gasteiger partial charge in [0.2, 0.25) is 0 Å². The van der Waals surface area contributed by atoms with Crippen molar-refractivity contribution in [3.63, 3.8) is 0 Å². The van der Waals surface area contributed by atoms with E-state index in [2.05, 4.69) is 20.6 Å². The Kier molecular flexibility index (Phi) is 5.00. The standard InChI is InChI=1S/C20H20N8O4S/c29-17(25-5-9-31-10-6-25)15-19-27(23-21-15)13-3-1-2-4-14(13)28-20(33-19)16(22-24-28)18(30)26-7-11-32-12-8-26/h1-4H,5-12H2. The summed E-state index contributed by atoms with van der Waals surface area (Å²) in [4.78, 5) is 31.0. The first-order valence-corrected chi connectivity index (χ1v) is 11.5. The van der Waals surface area contributed by atoms with E-state index in [1.54, 1.807) is 18.8 Å². The first kappa shape index (κ1) is 20.2. The monoisotopic (exact) mass is 468 g/mol. The Bertz CT molecular complexity index is 1290. The molecule has 0 aliphatic carbocycles. The molecule has 33 heavy (non-hydrogen) atoms. The fourth-order valence-electron chi connectivity index (χ4n) is 4.06. The van der Waals surface area contributed by atoms with Crippen LogP contribution in [0.25, 0.3) is 20.7 Å². The molecule has 2 aliphatic rings. The van der Waals surface area contributed by atoms with Gasteiger partial charge in [0.1, 0.15) is 0 Å². The van der Waals surface area contributed by atoms with Gasteiger partial charge in [0.05, 0.1) is 37.5 Å². The largest absolute Gasteiger partial charge is 0.378 e. The van der Waals surface area contributed by atoms with Crippen molar-refractivity contribution >= 4 is 43.8 Å². The highest BCUT2D eigenvalue weighted by molar-refractivity contribution is 7.22. The fourth-order valence-corrected chi connectivity index (χ4v) is 5.13. The lowest BCUT2D eigenvalue weighted by atomic mass is 10.3. The minimum absolute atomic E-state index is 0.216. The molecular formula is C20H20N8O4S. The average molecular weight is 468 g/mol. The van der Waals surface area contributed by atoms with Crippen LogP contribution in [0.1, 0.15) is 21.0 Å². The van der Waals surface area contributed by atoms with Gasteiger partial charge in [-0.1, -0.05) is 33.9 Å². The van der Waals surface area contributed by atoms with Crippen molar-refractivity contribution in [3.8, 4) is 0 Å².